The normalized spacial score (nSPS) is 17.5. The SMILES string of the molecule is CCOCCOCCOc1ccc(CCC[C@@H](C(=O)OC)N2CCN([C@@H](COC(C)(C)C)C(=O)OC)CCN([C@@H](COC(C)(C)C)C(=O)OC)CCN([C@@H](COC(C)(C)C)C(=O)OC)CC2)cc1. The van der Waals surface area contributed by atoms with Crippen molar-refractivity contribution < 1.29 is 66.5 Å². The molecule has 0 aromatic heterocycles. The summed E-state index contributed by atoms with van der Waals surface area (Å²) in [6.07, 6.45) is 1.82. The number of hydrogen-bond donors (Lipinski definition) is 0. The number of carbonyl (C=O) groups excluding carboxylic acids is 4. The van der Waals surface area contributed by atoms with E-state index < -0.39 is 64.8 Å². The first kappa shape index (κ1) is 60.7. The number of ether oxygens (including phenoxy) is 10. The molecule has 18 nitrogen and oxygen atoms in total. The highest BCUT2D eigenvalue weighted by Gasteiger charge is 2.37. The number of nitrogens with zero attached hydrogens (tertiary/aromatic N) is 4. The van der Waals surface area contributed by atoms with E-state index in [1.165, 1.54) is 28.4 Å². The molecule has 1 aromatic carbocycles. The zero-order valence-electron chi connectivity index (χ0n) is 44.1. The average molecular weight is 969 g/mol. The van der Waals surface area contributed by atoms with E-state index in [1.54, 1.807) is 0 Å². The van der Waals surface area contributed by atoms with E-state index in [2.05, 4.69) is 4.90 Å². The highest BCUT2D eigenvalue weighted by Crippen LogP contribution is 2.21. The minimum absolute atomic E-state index is 0.0367. The van der Waals surface area contributed by atoms with Crippen LogP contribution < -0.4 is 4.74 Å². The fourth-order valence-corrected chi connectivity index (χ4v) is 7.50. The van der Waals surface area contributed by atoms with Crippen molar-refractivity contribution >= 4 is 23.9 Å². The molecular weight excluding hydrogens is 881 g/mol. The third-order valence-corrected chi connectivity index (χ3v) is 11.3. The summed E-state index contributed by atoms with van der Waals surface area (Å²) in [4.78, 5) is 62.9. The third-order valence-electron chi connectivity index (χ3n) is 11.3. The van der Waals surface area contributed by atoms with Gasteiger partial charge in [-0.1, -0.05) is 12.1 Å². The molecule has 0 aliphatic carbocycles. The van der Waals surface area contributed by atoms with E-state index in [4.69, 9.17) is 47.4 Å². The summed E-state index contributed by atoms with van der Waals surface area (Å²) < 4.78 is 56.9. The molecule has 68 heavy (non-hydrogen) atoms. The molecule has 1 saturated heterocycles. The maximum absolute atomic E-state index is 13.9. The van der Waals surface area contributed by atoms with Gasteiger partial charge in [0.25, 0.3) is 0 Å². The number of aryl methyl sites for hydroxylation is 1. The van der Waals surface area contributed by atoms with Gasteiger partial charge in [0.2, 0.25) is 0 Å². The van der Waals surface area contributed by atoms with Crippen molar-refractivity contribution in [1.29, 1.82) is 0 Å². The van der Waals surface area contributed by atoms with Crippen molar-refractivity contribution in [2.24, 2.45) is 0 Å². The fourth-order valence-electron chi connectivity index (χ4n) is 7.50. The predicted octanol–water partition coefficient (Wildman–Crippen LogP) is 4.27. The topological polar surface area (TPSA) is 174 Å². The van der Waals surface area contributed by atoms with Crippen molar-refractivity contribution in [2.45, 2.75) is 129 Å². The van der Waals surface area contributed by atoms with Gasteiger partial charge in [-0.2, -0.15) is 0 Å². The van der Waals surface area contributed by atoms with Gasteiger partial charge in [-0.05, 0) is 106 Å². The largest absolute Gasteiger partial charge is 0.491 e. The Kier molecular flexibility index (Phi) is 27.7. The summed E-state index contributed by atoms with van der Waals surface area (Å²) in [5, 5.41) is 0. The van der Waals surface area contributed by atoms with Gasteiger partial charge in [0.15, 0.2) is 0 Å². The fraction of sp³-hybridized carbons (Fsp3) is 0.800. The van der Waals surface area contributed by atoms with Gasteiger partial charge in [-0.3, -0.25) is 38.8 Å². The van der Waals surface area contributed by atoms with Crippen LogP contribution in [0.3, 0.4) is 0 Å². The van der Waals surface area contributed by atoms with Crippen LogP contribution in [-0.4, -0.2) is 218 Å². The molecule has 0 amide bonds. The zero-order chi connectivity index (χ0) is 50.9. The molecule has 18 heteroatoms. The minimum Gasteiger partial charge on any atom is -0.491 e. The summed E-state index contributed by atoms with van der Waals surface area (Å²) in [7, 11) is 5.43. The summed E-state index contributed by atoms with van der Waals surface area (Å²) in [6, 6.07) is 4.77. The van der Waals surface area contributed by atoms with Crippen LogP contribution in [0.5, 0.6) is 5.75 Å². The molecular formula is C50H88N4O14. The molecule has 0 bridgehead atoms. The average Bonchev–Trinajstić information content (AvgIpc) is 3.28. The van der Waals surface area contributed by atoms with E-state index in [-0.39, 0.29) is 32.9 Å². The van der Waals surface area contributed by atoms with Gasteiger partial charge in [-0.15, -0.1) is 0 Å². The molecule has 0 saturated carbocycles. The Morgan fingerprint density at radius 2 is 0.809 bits per heavy atom. The van der Waals surface area contributed by atoms with Gasteiger partial charge < -0.3 is 47.4 Å². The molecule has 1 heterocycles. The summed E-state index contributed by atoms with van der Waals surface area (Å²) in [6.45, 7) is 24.4. The molecule has 1 aliphatic heterocycles. The Hall–Kier alpha value is -3.46. The van der Waals surface area contributed by atoms with Gasteiger partial charge >= 0.3 is 23.9 Å². The highest BCUT2D eigenvalue weighted by atomic mass is 16.6. The molecule has 1 fully saturated rings. The second-order valence-corrected chi connectivity index (χ2v) is 19.8. The molecule has 1 aromatic rings. The van der Waals surface area contributed by atoms with Crippen molar-refractivity contribution in [1.82, 2.24) is 19.6 Å². The molecule has 0 spiro atoms. The van der Waals surface area contributed by atoms with Crippen molar-refractivity contribution in [2.75, 3.05) is 134 Å². The van der Waals surface area contributed by atoms with Crippen LogP contribution in [0.15, 0.2) is 24.3 Å². The maximum Gasteiger partial charge on any atom is 0.325 e. The first-order chi connectivity index (χ1) is 32.1. The number of benzene rings is 1. The highest BCUT2D eigenvalue weighted by molar-refractivity contribution is 5.77. The Bertz CT molecular complexity index is 1540. The molecule has 1 aliphatic rings. The second-order valence-electron chi connectivity index (χ2n) is 19.8. The number of rotatable bonds is 26. The summed E-state index contributed by atoms with van der Waals surface area (Å²) in [5.74, 6) is -1.08. The summed E-state index contributed by atoms with van der Waals surface area (Å²) in [5.41, 5.74) is -0.594. The predicted molar refractivity (Wildman–Crippen MR) is 259 cm³/mol. The van der Waals surface area contributed by atoms with Crippen molar-refractivity contribution in [3.8, 4) is 5.75 Å². The number of hydrogen-bond acceptors (Lipinski definition) is 18. The number of carbonyl (C=O) groups is 4. The van der Waals surface area contributed by atoms with E-state index in [9.17, 15) is 19.2 Å². The molecule has 392 valence electrons. The second kappa shape index (κ2) is 31.0. The first-order valence-electron chi connectivity index (χ1n) is 24.1. The third kappa shape index (κ3) is 23.9. The lowest BCUT2D eigenvalue weighted by atomic mass is 10.0. The van der Waals surface area contributed by atoms with Crippen LogP contribution in [0.2, 0.25) is 0 Å². The van der Waals surface area contributed by atoms with Gasteiger partial charge in [0.05, 0.1) is 84.9 Å². The summed E-state index contributed by atoms with van der Waals surface area (Å²) >= 11 is 0. The van der Waals surface area contributed by atoms with Crippen LogP contribution in [0.1, 0.15) is 87.6 Å². The molecule has 2 rings (SSSR count). The van der Waals surface area contributed by atoms with Crippen LogP contribution in [0.4, 0.5) is 0 Å². The standard InChI is InChI=1S/C50H88N4O14/c1-15-63-31-32-64-33-34-65-39-21-19-38(20-22-39)17-16-18-40(44(55)59-11)51-23-25-52(41(45(56)60-12)35-66-48(2,3)4)27-29-54(43(47(58)62-14)37-68-50(8,9)10)30-28-53(26-24-51)42(46(57)61-13)36-67-49(5,6)7/h19-22,40-43H,15-18,23-37H2,1-14H3/t40-,41-,42-,43-/m0/s1. The quantitative estimate of drug-likeness (QED) is 0.0731. The zero-order valence-corrected chi connectivity index (χ0v) is 44.1. The van der Waals surface area contributed by atoms with Crippen LogP contribution in [0, 0.1) is 0 Å². The maximum atomic E-state index is 13.9. The van der Waals surface area contributed by atoms with Crippen molar-refractivity contribution in [3.05, 3.63) is 29.8 Å². The van der Waals surface area contributed by atoms with E-state index >= 15 is 0 Å². The van der Waals surface area contributed by atoms with E-state index in [1.807, 2.05) is 108 Å². The monoisotopic (exact) mass is 969 g/mol. The molecule has 0 N–H and O–H groups in total. The van der Waals surface area contributed by atoms with Crippen LogP contribution in [0.25, 0.3) is 0 Å². The van der Waals surface area contributed by atoms with Gasteiger partial charge in [-0.25, -0.2) is 0 Å². The number of esters is 4. The van der Waals surface area contributed by atoms with Gasteiger partial charge in [0, 0.05) is 59.0 Å². The lowest BCUT2D eigenvalue weighted by molar-refractivity contribution is -0.157. The Balaban J connectivity index is 2.60. The lowest BCUT2D eigenvalue weighted by Crippen LogP contribution is -2.58. The van der Waals surface area contributed by atoms with Gasteiger partial charge in [0.1, 0.15) is 36.5 Å². The van der Waals surface area contributed by atoms with Crippen LogP contribution >= 0.6 is 0 Å². The lowest BCUT2D eigenvalue weighted by Gasteiger charge is -2.41. The Labute approximate surface area is 407 Å². The Morgan fingerprint density at radius 1 is 0.485 bits per heavy atom. The van der Waals surface area contributed by atoms with E-state index in [0.717, 1.165) is 11.3 Å². The van der Waals surface area contributed by atoms with Crippen molar-refractivity contribution in [3.63, 3.8) is 0 Å². The van der Waals surface area contributed by atoms with E-state index in [0.29, 0.717) is 91.6 Å². The van der Waals surface area contributed by atoms with Crippen LogP contribution in [-0.2, 0) is 68.2 Å². The molecule has 0 unspecified atom stereocenters. The minimum atomic E-state index is -0.824. The first-order valence-corrected chi connectivity index (χ1v) is 24.1. The Morgan fingerprint density at radius 3 is 1.15 bits per heavy atom. The smallest absolute Gasteiger partial charge is 0.325 e. The number of methoxy groups -OCH3 is 4. The molecule has 0 radical (unpaired) electrons. The molecule has 4 atom stereocenters.